The highest BCUT2D eigenvalue weighted by Gasteiger charge is 2.20. The first-order chi connectivity index (χ1) is 14.1. The van der Waals surface area contributed by atoms with Crippen molar-refractivity contribution in [3.8, 4) is 5.75 Å². The molecule has 4 rings (SSSR count). The number of halogens is 1. The number of methoxy groups -OCH3 is 1. The number of anilines is 3. The molecule has 0 spiro atoms. The number of rotatable bonds is 5. The Labute approximate surface area is 172 Å². The second-order valence-electron chi connectivity index (χ2n) is 6.45. The molecule has 1 aliphatic rings. The second kappa shape index (κ2) is 8.14. The van der Waals surface area contributed by atoms with Crippen LogP contribution in [0.2, 0.25) is 5.02 Å². The number of benzene rings is 1. The molecule has 0 bridgehead atoms. The molecule has 3 N–H and O–H groups in total. The number of amides is 1. The van der Waals surface area contributed by atoms with Crippen molar-refractivity contribution in [3.05, 3.63) is 35.0 Å². The molecule has 0 aliphatic carbocycles. The number of fused-ring (bicyclic) bond motifs is 1. The predicted molar refractivity (Wildman–Crippen MR) is 111 cm³/mol. The molecule has 3 aromatic rings. The molecule has 152 valence electrons. The molecule has 10 heteroatoms. The normalized spacial score (nSPS) is 14.1. The number of H-pyrrole nitrogens is 1. The number of carbonyl (C=O) groups is 1. The van der Waals surface area contributed by atoms with Gasteiger partial charge in [-0.3, -0.25) is 4.79 Å². The molecule has 1 amide bonds. The highest BCUT2D eigenvalue weighted by molar-refractivity contribution is 6.35. The molecule has 29 heavy (non-hydrogen) atoms. The van der Waals surface area contributed by atoms with Gasteiger partial charge >= 0.3 is 0 Å². The number of aromatic amines is 1. The monoisotopic (exact) mass is 416 g/mol. The van der Waals surface area contributed by atoms with Crippen LogP contribution in [0.5, 0.6) is 5.75 Å². The number of nitrogens with zero attached hydrogens (tertiary/aromatic N) is 3. The predicted octanol–water partition coefficient (Wildman–Crippen LogP) is 2.88. The maximum absolute atomic E-state index is 12.7. The minimum atomic E-state index is -0.0487. The molecule has 3 heterocycles. The van der Waals surface area contributed by atoms with Gasteiger partial charge in [0.15, 0.2) is 5.82 Å². The average molecular weight is 417 g/mol. The van der Waals surface area contributed by atoms with Gasteiger partial charge in [0, 0.05) is 31.9 Å². The Balaban J connectivity index is 1.63. The molecule has 0 unspecified atom stereocenters. The fourth-order valence-corrected chi connectivity index (χ4v) is 3.40. The Hall–Kier alpha value is -3.04. The summed E-state index contributed by atoms with van der Waals surface area (Å²) in [4.78, 5) is 26.5. The molecule has 0 radical (unpaired) electrons. The maximum Gasteiger partial charge on any atom is 0.254 e. The lowest BCUT2D eigenvalue weighted by Gasteiger charge is -2.27. The lowest BCUT2D eigenvalue weighted by Crippen LogP contribution is -2.40. The van der Waals surface area contributed by atoms with E-state index in [4.69, 9.17) is 21.1 Å². The zero-order chi connectivity index (χ0) is 20.4. The summed E-state index contributed by atoms with van der Waals surface area (Å²) in [7, 11) is 3.32. The lowest BCUT2D eigenvalue weighted by atomic mass is 10.1. The Morgan fingerprint density at radius 1 is 1.31 bits per heavy atom. The van der Waals surface area contributed by atoms with Gasteiger partial charge in [0.25, 0.3) is 5.91 Å². The highest BCUT2D eigenvalue weighted by Crippen LogP contribution is 2.31. The molecular weight excluding hydrogens is 396 g/mol. The second-order valence-corrected chi connectivity index (χ2v) is 6.86. The van der Waals surface area contributed by atoms with Gasteiger partial charge in [-0.25, -0.2) is 4.98 Å². The molecule has 0 saturated carbocycles. The SMILES string of the molecule is CNc1nc(Nc2ccc(C(=O)N3CCOCC3)cc2OC)nc2c(Cl)c[nH]c12. The van der Waals surface area contributed by atoms with Crippen molar-refractivity contribution in [2.75, 3.05) is 51.1 Å². The van der Waals surface area contributed by atoms with Crippen LogP contribution in [-0.2, 0) is 4.74 Å². The fraction of sp³-hybridized carbons (Fsp3) is 0.316. The van der Waals surface area contributed by atoms with Crippen LogP contribution >= 0.6 is 11.6 Å². The fourth-order valence-electron chi connectivity index (χ4n) is 3.21. The quantitative estimate of drug-likeness (QED) is 0.587. The number of ether oxygens (including phenoxy) is 2. The van der Waals surface area contributed by atoms with E-state index in [0.717, 1.165) is 5.52 Å². The lowest BCUT2D eigenvalue weighted by molar-refractivity contribution is 0.0302. The molecule has 1 fully saturated rings. The summed E-state index contributed by atoms with van der Waals surface area (Å²) in [5, 5.41) is 6.67. The number of hydrogen-bond donors (Lipinski definition) is 3. The highest BCUT2D eigenvalue weighted by atomic mass is 35.5. The first-order valence-electron chi connectivity index (χ1n) is 9.15. The minimum absolute atomic E-state index is 0.0487. The zero-order valence-electron chi connectivity index (χ0n) is 16.1. The van der Waals surface area contributed by atoms with Crippen LogP contribution in [0.1, 0.15) is 10.4 Å². The van der Waals surface area contributed by atoms with Crippen LogP contribution in [0, 0.1) is 0 Å². The summed E-state index contributed by atoms with van der Waals surface area (Å²) in [6.45, 7) is 2.27. The van der Waals surface area contributed by atoms with Crippen molar-refractivity contribution in [1.29, 1.82) is 0 Å². The summed E-state index contributed by atoms with van der Waals surface area (Å²) in [6.07, 6.45) is 1.66. The Morgan fingerprint density at radius 3 is 2.83 bits per heavy atom. The van der Waals surface area contributed by atoms with E-state index in [1.807, 2.05) is 0 Å². The largest absolute Gasteiger partial charge is 0.495 e. The van der Waals surface area contributed by atoms with Gasteiger partial charge in [0.05, 0.1) is 31.0 Å². The third kappa shape index (κ3) is 3.79. The van der Waals surface area contributed by atoms with Crippen molar-refractivity contribution in [1.82, 2.24) is 19.9 Å². The third-order valence-electron chi connectivity index (χ3n) is 4.71. The van der Waals surface area contributed by atoms with E-state index < -0.39 is 0 Å². The summed E-state index contributed by atoms with van der Waals surface area (Å²) in [6, 6.07) is 5.24. The van der Waals surface area contributed by atoms with E-state index in [2.05, 4.69) is 25.6 Å². The van der Waals surface area contributed by atoms with Gasteiger partial charge in [-0.05, 0) is 18.2 Å². The first kappa shape index (κ1) is 19.3. The van der Waals surface area contributed by atoms with Crippen molar-refractivity contribution >= 4 is 46.0 Å². The van der Waals surface area contributed by atoms with Gasteiger partial charge < -0.3 is 30.0 Å². The van der Waals surface area contributed by atoms with E-state index >= 15 is 0 Å². The Bertz CT molecular complexity index is 1050. The number of nitrogens with one attached hydrogen (secondary N) is 3. The minimum Gasteiger partial charge on any atom is -0.495 e. The van der Waals surface area contributed by atoms with Gasteiger partial charge in [-0.1, -0.05) is 11.6 Å². The number of morpholine rings is 1. The van der Waals surface area contributed by atoms with Crippen LogP contribution in [0.3, 0.4) is 0 Å². The van der Waals surface area contributed by atoms with Crippen molar-refractivity contribution < 1.29 is 14.3 Å². The molecule has 2 aromatic heterocycles. The van der Waals surface area contributed by atoms with Crippen molar-refractivity contribution in [3.63, 3.8) is 0 Å². The van der Waals surface area contributed by atoms with Gasteiger partial charge in [-0.15, -0.1) is 0 Å². The van der Waals surface area contributed by atoms with Crippen LogP contribution in [0.25, 0.3) is 11.0 Å². The average Bonchev–Trinajstić information content (AvgIpc) is 3.14. The van der Waals surface area contributed by atoms with Crippen molar-refractivity contribution in [2.45, 2.75) is 0 Å². The van der Waals surface area contributed by atoms with Crippen LogP contribution in [0.4, 0.5) is 17.5 Å². The van der Waals surface area contributed by atoms with Gasteiger partial charge in [0.1, 0.15) is 16.8 Å². The first-order valence-corrected chi connectivity index (χ1v) is 9.53. The van der Waals surface area contributed by atoms with Gasteiger partial charge in [-0.2, -0.15) is 4.98 Å². The summed E-state index contributed by atoms with van der Waals surface area (Å²) in [5.74, 6) is 1.43. The van der Waals surface area contributed by atoms with E-state index in [0.29, 0.717) is 65.6 Å². The summed E-state index contributed by atoms with van der Waals surface area (Å²) < 4.78 is 10.8. The van der Waals surface area contributed by atoms with E-state index in [1.54, 1.807) is 43.5 Å². The third-order valence-corrected chi connectivity index (χ3v) is 5.00. The molecule has 1 aromatic carbocycles. The van der Waals surface area contributed by atoms with E-state index in [-0.39, 0.29) is 5.91 Å². The zero-order valence-corrected chi connectivity index (χ0v) is 16.8. The van der Waals surface area contributed by atoms with Crippen molar-refractivity contribution in [2.24, 2.45) is 0 Å². The molecule has 9 nitrogen and oxygen atoms in total. The van der Waals surface area contributed by atoms with Gasteiger partial charge in [0.2, 0.25) is 5.95 Å². The smallest absolute Gasteiger partial charge is 0.254 e. The summed E-state index contributed by atoms with van der Waals surface area (Å²) >= 11 is 6.21. The number of carbonyl (C=O) groups excluding carboxylic acids is 1. The molecule has 1 aliphatic heterocycles. The standard InChI is InChI=1S/C19H21ClN6O3/c1-21-17-16-15(12(20)10-22-16)24-19(25-17)23-13-4-3-11(9-14(13)28-2)18(27)26-5-7-29-8-6-26/h3-4,9-10,22H,5-8H2,1-2H3,(H2,21,23,24,25). The van der Waals surface area contributed by atoms with E-state index in [9.17, 15) is 4.79 Å². The Kier molecular flexibility index (Phi) is 5.41. The number of aromatic nitrogens is 3. The summed E-state index contributed by atoms with van der Waals surface area (Å²) in [5.41, 5.74) is 2.52. The number of hydrogen-bond acceptors (Lipinski definition) is 7. The van der Waals surface area contributed by atoms with Crippen LogP contribution in [0.15, 0.2) is 24.4 Å². The molecule has 1 saturated heterocycles. The molecule has 0 atom stereocenters. The Morgan fingerprint density at radius 2 is 2.10 bits per heavy atom. The molecular formula is C19H21ClN6O3. The van der Waals surface area contributed by atoms with E-state index in [1.165, 1.54) is 0 Å². The van der Waals surface area contributed by atoms with Crippen LogP contribution < -0.4 is 15.4 Å². The maximum atomic E-state index is 12.7. The topological polar surface area (TPSA) is 104 Å². The van der Waals surface area contributed by atoms with Crippen LogP contribution in [-0.4, -0.2) is 66.2 Å².